The number of aryl methyl sites for hydroxylation is 1. The first-order chi connectivity index (χ1) is 6.06. The summed E-state index contributed by atoms with van der Waals surface area (Å²) < 4.78 is 12.9. The summed E-state index contributed by atoms with van der Waals surface area (Å²) in [6.45, 7) is 1.46. The van der Waals surface area contributed by atoms with Crippen molar-refractivity contribution in [2.75, 3.05) is 12.3 Å². The number of nitrogens with two attached hydrogens (primary N) is 2. The minimum atomic E-state index is -0.616. The van der Waals surface area contributed by atoms with Gasteiger partial charge < -0.3 is 16.6 Å². The predicted octanol–water partition coefficient (Wildman–Crippen LogP) is 0.708. The summed E-state index contributed by atoms with van der Waals surface area (Å²) in [6, 6.07) is 1.97. The third-order valence-corrected chi connectivity index (χ3v) is 1.98. The van der Waals surface area contributed by atoms with Crippen LogP contribution >= 0.6 is 0 Å². The Balaban J connectivity index is 3.20. The van der Waals surface area contributed by atoms with Gasteiger partial charge in [-0.05, 0) is 30.2 Å². The molecule has 1 aromatic rings. The summed E-state index contributed by atoms with van der Waals surface area (Å²) in [4.78, 5) is 0. The molecule has 3 nitrogen and oxygen atoms in total. The molecule has 72 valence electrons. The predicted molar refractivity (Wildman–Crippen MR) is 49.6 cm³/mol. The summed E-state index contributed by atoms with van der Waals surface area (Å²) in [5, 5.41) is 8.79. The number of nitrogen functional groups attached to an aromatic ring is 1. The highest BCUT2D eigenvalue weighted by Gasteiger charge is 2.11. The van der Waals surface area contributed by atoms with Crippen molar-refractivity contribution in [3.05, 3.63) is 29.1 Å². The highest BCUT2D eigenvalue weighted by atomic mass is 19.1. The molecule has 13 heavy (non-hydrogen) atoms. The monoisotopic (exact) mass is 184 g/mol. The summed E-state index contributed by atoms with van der Waals surface area (Å²) in [7, 11) is 0. The molecule has 0 saturated heterocycles. The Hall–Kier alpha value is -1.13. The van der Waals surface area contributed by atoms with Gasteiger partial charge in [0, 0.05) is 5.69 Å². The van der Waals surface area contributed by atoms with Crippen LogP contribution in [0.1, 0.15) is 17.2 Å². The van der Waals surface area contributed by atoms with Crippen LogP contribution in [0, 0.1) is 12.7 Å². The fourth-order valence-corrected chi connectivity index (χ4v) is 1.19. The number of rotatable bonds is 2. The molecule has 0 aromatic heterocycles. The number of aliphatic hydroxyl groups excluding tert-OH is 1. The molecule has 0 aliphatic heterocycles. The molecule has 0 aliphatic rings. The molecular formula is C9H13FN2O. The molecule has 0 aliphatic carbocycles. The van der Waals surface area contributed by atoms with E-state index < -0.39 is 6.04 Å². The van der Waals surface area contributed by atoms with Crippen LogP contribution in [0.25, 0.3) is 0 Å². The minimum Gasteiger partial charge on any atom is -0.398 e. The van der Waals surface area contributed by atoms with Crippen molar-refractivity contribution in [3.63, 3.8) is 0 Å². The van der Waals surface area contributed by atoms with Crippen molar-refractivity contribution in [3.8, 4) is 0 Å². The standard InChI is InChI=1S/C9H13FN2O/c1-5-2-6(10)3-7(9(5)12)8(11)4-13/h2-3,8,13H,4,11-12H2,1H3/t8-/m1/s1. The van der Waals surface area contributed by atoms with E-state index >= 15 is 0 Å². The van der Waals surface area contributed by atoms with Crippen LogP contribution in [0.3, 0.4) is 0 Å². The van der Waals surface area contributed by atoms with Gasteiger partial charge in [0.25, 0.3) is 0 Å². The van der Waals surface area contributed by atoms with Gasteiger partial charge in [0.15, 0.2) is 0 Å². The lowest BCUT2D eigenvalue weighted by Crippen LogP contribution is -2.17. The van der Waals surface area contributed by atoms with Gasteiger partial charge in [-0.2, -0.15) is 0 Å². The molecule has 1 atom stereocenters. The quantitative estimate of drug-likeness (QED) is 0.593. The summed E-state index contributed by atoms with van der Waals surface area (Å²) in [5.41, 5.74) is 12.7. The fraction of sp³-hybridized carbons (Fsp3) is 0.333. The van der Waals surface area contributed by atoms with E-state index in [-0.39, 0.29) is 12.4 Å². The smallest absolute Gasteiger partial charge is 0.123 e. The van der Waals surface area contributed by atoms with E-state index in [1.165, 1.54) is 12.1 Å². The summed E-state index contributed by atoms with van der Waals surface area (Å²) in [5.74, 6) is -0.384. The Morgan fingerprint density at radius 2 is 2.15 bits per heavy atom. The molecule has 0 amide bonds. The summed E-state index contributed by atoms with van der Waals surface area (Å²) >= 11 is 0. The zero-order chi connectivity index (χ0) is 10.0. The Morgan fingerprint density at radius 3 is 2.69 bits per heavy atom. The second-order valence-electron chi connectivity index (χ2n) is 3.01. The molecule has 0 unspecified atom stereocenters. The molecule has 0 saturated carbocycles. The lowest BCUT2D eigenvalue weighted by atomic mass is 10.0. The molecule has 1 aromatic carbocycles. The average molecular weight is 184 g/mol. The average Bonchev–Trinajstić information content (AvgIpc) is 2.10. The Morgan fingerprint density at radius 1 is 1.54 bits per heavy atom. The number of hydrogen-bond donors (Lipinski definition) is 3. The van der Waals surface area contributed by atoms with Crippen LogP contribution in [0.4, 0.5) is 10.1 Å². The van der Waals surface area contributed by atoms with Gasteiger partial charge in [-0.3, -0.25) is 0 Å². The van der Waals surface area contributed by atoms with E-state index in [4.69, 9.17) is 16.6 Å². The molecule has 4 heteroatoms. The van der Waals surface area contributed by atoms with Crippen molar-refractivity contribution < 1.29 is 9.50 Å². The number of aliphatic hydroxyl groups is 1. The molecular weight excluding hydrogens is 171 g/mol. The SMILES string of the molecule is Cc1cc(F)cc([C@H](N)CO)c1N. The van der Waals surface area contributed by atoms with Crippen LogP contribution < -0.4 is 11.5 Å². The molecule has 5 N–H and O–H groups in total. The first-order valence-corrected chi connectivity index (χ1v) is 3.98. The highest BCUT2D eigenvalue weighted by molar-refractivity contribution is 5.54. The lowest BCUT2D eigenvalue weighted by Gasteiger charge is -2.13. The minimum absolute atomic E-state index is 0.243. The first kappa shape index (κ1) is 9.95. The molecule has 0 spiro atoms. The first-order valence-electron chi connectivity index (χ1n) is 3.98. The number of hydrogen-bond acceptors (Lipinski definition) is 3. The van der Waals surface area contributed by atoms with Gasteiger partial charge in [-0.25, -0.2) is 4.39 Å². The largest absolute Gasteiger partial charge is 0.398 e. The van der Waals surface area contributed by atoms with Crippen molar-refractivity contribution in [1.82, 2.24) is 0 Å². The van der Waals surface area contributed by atoms with Crippen LogP contribution in [-0.4, -0.2) is 11.7 Å². The number of halogens is 1. The van der Waals surface area contributed by atoms with Crippen LogP contribution in [0.2, 0.25) is 0 Å². The van der Waals surface area contributed by atoms with Gasteiger partial charge >= 0.3 is 0 Å². The van der Waals surface area contributed by atoms with Crippen molar-refractivity contribution >= 4 is 5.69 Å². The third kappa shape index (κ3) is 1.96. The van der Waals surface area contributed by atoms with Crippen LogP contribution in [0.15, 0.2) is 12.1 Å². The van der Waals surface area contributed by atoms with Gasteiger partial charge in [0.1, 0.15) is 5.82 Å². The van der Waals surface area contributed by atoms with E-state index in [0.717, 1.165) is 0 Å². The van der Waals surface area contributed by atoms with E-state index in [1.54, 1.807) is 6.92 Å². The van der Waals surface area contributed by atoms with Crippen LogP contribution in [0.5, 0.6) is 0 Å². The zero-order valence-corrected chi connectivity index (χ0v) is 7.42. The zero-order valence-electron chi connectivity index (χ0n) is 7.42. The molecule has 1 rings (SSSR count). The maximum atomic E-state index is 12.9. The van der Waals surface area contributed by atoms with Gasteiger partial charge in [-0.1, -0.05) is 0 Å². The van der Waals surface area contributed by atoms with E-state index in [2.05, 4.69) is 0 Å². The molecule has 0 radical (unpaired) electrons. The van der Waals surface area contributed by atoms with Crippen molar-refractivity contribution in [1.29, 1.82) is 0 Å². The second kappa shape index (κ2) is 3.72. The normalized spacial score (nSPS) is 12.9. The Labute approximate surface area is 76.2 Å². The van der Waals surface area contributed by atoms with Crippen molar-refractivity contribution in [2.24, 2.45) is 5.73 Å². The van der Waals surface area contributed by atoms with Crippen molar-refractivity contribution in [2.45, 2.75) is 13.0 Å². The number of anilines is 1. The third-order valence-electron chi connectivity index (χ3n) is 1.98. The summed E-state index contributed by atoms with van der Waals surface area (Å²) in [6.07, 6.45) is 0. The maximum absolute atomic E-state index is 12.9. The molecule has 0 bridgehead atoms. The molecule has 0 fully saturated rings. The topological polar surface area (TPSA) is 72.3 Å². The second-order valence-corrected chi connectivity index (χ2v) is 3.01. The van der Waals surface area contributed by atoms with E-state index in [9.17, 15) is 4.39 Å². The van der Waals surface area contributed by atoms with Crippen LogP contribution in [-0.2, 0) is 0 Å². The van der Waals surface area contributed by atoms with Gasteiger partial charge in [0.2, 0.25) is 0 Å². The number of benzene rings is 1. The maximum Gasteiger partial charge on any atom is 0.123 e. The van der Waals surface area contributed by atoms with E-state index in [0.29, 0.717) is 16.8 Å². The molecule has 0 heterocycles. The van der Waals surface area contributed by atoms with Gasteiger partial charge in [-0.15, -0.1) is 0 Å². The Bertz CT molecular complexity index is 315. The fourth-order valence-electron chi connectivity index (χ4n) is 1.19. The highest BCUT2D eigenvalue weighted by Crippen LogP contribution is 2.23. The lowest BCUT2D eigenvalue weighted by molar-refractivity contribution is 0.268. The van der Waals surface area contributed by atoms with Gasteiger partial charge in [0.05, 0.1) is 12.6 Å². The van der Waals surface area contributed by atoms with E-state index in [1.807, 2.05) is 0 Å². The Kier molecular flexibility index (Phi) is 2.85.